The maximum Gasteiger partial charge on any atom is 0.321 e. The normalized spacial score (nSPS) is 14.7. The molecule has 0 aliphatic carbocycles. The van der Waals surface area contributed by atoms with E-state index in [9.17, 15) is 9.59 Å². The van der Waals surface area contributed by atoms with Gasteiger partial charge < -0.3 is 15.0 Å². The van der Waals surface area contributed by atoms with E-state index in [0.717, 1.165) is 24.3 Å². The van der Waals surface area contributed by atoms with Crippen molar-refractivity contribution < 1.29 is 9.53 Å². The first-order valence-corrected chi connectivity index (χ1v) is 9.90. The standard InChI is InChI=1S/C22H24N4O3/c1-2-29-18-9-7-16(8-10-18)24-22(28)25-13-11-17(12-14-25)26-15-23-20-6-4-3-5-19(20)21(26)27/h3-10,15,17H,2,11-14H2,1H3,(H,24,28). The third kappa shape index (κ3) is 4.08. The summed E-state index contributed by atoms with van der Waals surface area (Å²) >= 11 is 0. The third-order valence-corrected chi connectivity index (χ3v) is 5.25. The average Bonchev–Trinajstić information content (AvgIpc) is 2.76. The molecule has 2 heterocycles. The highest BCUT2D eigenvalue weighted by Gasteiger charge is 2.25. The summed E-state index contributed by atoms with van der Waals surface area (Å²) in [6.45, 7) is 3.72. The zero-order valence-electron chi connectivity index (χ0n) is 16.4. The van der Waals surface area contributed by atoms with E-state index in [1.807, 2.05) is 49.4 Å². The number of ether oxygens (including phenoxy) is 1. The maximum atomic E-state index is 12.8. The number of anilines is 1. The number of benzene rings is 2. The summed E-state index contributed by atoms with van der Waals surface area (Å²) in [6.07, 6.45) is 3.07. The molecule has 1 aromatic heterocycles. The molecule has 3 aromatic rings. The fourth-order valence-corrected chi connectivity index (χ4v) is 3.69. The summed E-state index contributed by atoms with van der Waals surface area (Å²) in [6, 6.07) is 14.6. The highest BCUT2D eigenvalue weighted by Crippen LogP contribution is 2.23. The molecule has 7 heteroatoms. The minimum atomic E-state index is -0.128. The summed E-state index contributed by atoms with van der Waals surface area (Å²) < 4.78 is 7.13. The van der Waals surface area contributed by atoms with Crippen LogP contribution < -0.4 is 15.6 Å². The van der Waals surface area contributed by atoms with Crippen molar-refractivity contribution in [3.63, 3.8) is 0 Å². The molecular weight excluding hydrogens is 368 g/mol. The van der Waals surface area contributed by atoms with Gasteiger partial charge in [0.15, 0.2) is 0 Å². The molecule has 0 unspecified atom stereocenters. The van der Waals surface area contributed by atoms with Crippen molar-refractivity contribution in [3.8, 4) is 5.75 Å². The zero-order chi connectivity index (χ0) is 20.2. The van der Waals surface area contributed by atoms with Crippen molar-refractivity contribution in [2.75, 3.05) is 25.0 Å². The summed E-state index contributed by atoms with van der Waals surface area (Å²) in [5, 5.41) is 3.55. The molecule has 1 aliphatic rings. The third-order valence-electron chi connectivity index (χ3n) is 5.25. The van der Waals surface area contributed by atoms with E-state index in [0.29, 0.717) is 30.6 Å². The van der Waals surface area contributed by atoms with Gasteiger partial charge in [0.05, 0.1) is 23.8 Å². The highest BCUT2D eigenvalue weighted by molar-refractivity contribution is 5.89. The van der Waals surface area contributed by atoms with Gasteiger partial charge in [0.25, 0.3) is 5.56 Å². The minimum absolute atomic E-state index is 0.0205. The van der Waals surface area contributed by atoms with E-state index >= 15 is 0 Å². The number of rotatable bonds is 4. The number of hydrogen-bond acceptors (Lipinski definition) is 4. The molecule has 29 heavy (non-hydrogen) atoms. The molecule has 0 atom stereocenters. The van der Waals surface area contributed by atoms with Crippen LogP contribution in [0.15, 0.2) is 59.7 Å². The van der Waals surface area contributed by atoms with E-state index < -0.39 is 0 Å². The lowest BCUT2D eigenvalue weighted by Gasteiger charge is -2.32. The number of aromatic nitrogens is 2. The van der Waals surface area contributed by atoms with Gasteiger partial charge in [-0.25, -0.2) is 9.78 Å². The molecule has 0 spiro atoms. The largest absolute Gasteiger partial charge is 0.494 e. The number of urea groups is 1. The second kappa shape index (κ2) is 8.34. The molecule has 7 nitrogen and oxygen atoms in total. The lowest BCUT2D eigenvalue weighted by Crippen LogP contribution is -2.42. The van der Waals surface area contributed by atoms with Crippen molar-refractivity contribution in [1.29, 1.82) is 0 Å². The minimum Gasteiger partial charge on any atom is -0.494 e. The Morgan fingerprint density at radius 2 is 1.86 bits per heavy atom. The van der Waals surface area contributed by atoms with E-state index in [1.165, 1.54) is 0 Å². The van der Waals surface area contributed by atoms with Gasteiger partial charge in [-0.15, -0.1) is 0 Å². The second-order valence-corrected chi connectivity index (χ2v) is 7.08. The number of fused-ring (bicyclic) bond motifs is 1. The summed E-state index contributed by atoms with van der Waals surface area (Å²) in [4.78, 5) is 31.5. The van der Waals surface area contributed by atoms with Crippen LogP contribution in [0.1, 0.15) is 25.8 Å². The Labute approximate surface area is 168 Å². The Morgan fingerprint density at radius 3 is 2.59 bits per heavy atom. The monoisotopic (exact) mass is 392 g/mol. The molecule has 1 fully saturated rings. The smallest absolute Gasteiger partial charge is 0.321 e. The Kier molecular flexibility index (Phi) is 5.46. The average molecular weight is 392 g/mol. The molecule has 2 aromatic carbocycles. The summed E-state index contributed by atoms with van der Waals surface area (Å²) in [7, 11) is 0. The van der Waals surface area contributed by atoms with Crippen LogP contribution in [-0.2, 0) is 0 Å². The van der Waals surface area contributed by atoms with Gasteiger partial charge in [-0.1, -0.05) is 12.1 Å². The first-order valence-electron chi connectivity index (χ1n) is 9.90. The Bertz CT molecular complexity index is 1050. The molecule has 150 valence electrons. The topological polar surface area (TPSA) is 76.5 Å². The molecule has 1 aliphatic heterocycles. The van der Waals surface area contributed by atoms with Crippen LogP contribution >= 0.6 is 0 Å². The quantitative estimate of drug-likeness (QED) is 0.735. The zero-order valence-corrected chi connectivity index (χ0v) is 16.4. The first kappa shape index (κ1) is 19.0. The Morgan fingerprint density at radius 1 is 1.14 bits per heavy atom. The van der Waals surface area contributed by atoms with Gasteiger partial charge in [0.2, 0.25) is 0 Å². The number of hydrogen-bond donors (Lipinski definition) is 1. The maximum absolute atomic E-state index is 12.8. The van der Waals surface area contributed by atoms with Crippen LogP contribution in [0.2, 0.25) is 0 Å². The van der Waals surface area contributed by atoms with Crippen LogP contribution in [0.3, 0.4) is 0 Å². The van der Waals surface area contributed by atoms with Crippen LogP contribution in [0, 0.1) is 0 Å². The number of para-hydroxylation sites is 1. The molecule has 0 bridgehead atoms. The molecule has 1 N–H and O–H groups in total. The number of carbonyl (C=O) groups excluding carboxylic acids is 1. The van der Waals surface area contributed by atoms with Crippen LogP contribution in [-0.4, -0.2) is 40.2 Å². The lowest BCUT2D eigenvalue weighted by atomic mass is 10.0. The summed E-state index contributed by atoms with van der Waals surface area (Å²) in [5.74, 6) is 0.778. The number of carbonyl (C=O) groups is 1. The predicted octanol–water partition coefficient (Wildman–Crippen LogP) is 3.66. The van der Waals surface area contributed by atoms with Crippen LogP contribution in [0.5, 0.6) is 5.75 Å². The fraction of sp³-hybridized carbons (Fsp3) is 0.318. The SMILES string of the molecule is CCOc1ccc(NC(=O)N2CCC(n3cnc4ccccc4c3=O)CC2)cc1. The van der Waals surface area contributed by atoms with Crippen molar-refractivity contribution in [3.05, 3.63) is 65.2 Å². The van der Waals surface area contributed by atoms with Gasteiger partial charge in [-0.2, -0.15) is 0 Å². The first-order chi connectivity index (χ1) is 14.2. The van der Waals surface area contributed by atoms with Crippen LogP contribution in [0.4, 0.5) is 10.5 Å². The van der Waals surface area contributed by atoms with Crippen molar-refractivity contribution >= 4 is 22.6 Å². The van der Waals surface area contributed by atoms with Crippen LogP contribution in [0.25, 0.3) is 10.9 Å². The highest BCUT2D eigenvalue weighted by atomic mass is 16.5. The van der Waals surface area contributed by atoms with Gasteiger partial charge >= 0.3 is 6.03 Å². The molecular formula is C22H24N4O3. The van der Waals surface area contributed by atoms with Crippen molar-refractivity contribution in [1.82, 2.24) is 14.5 Å². The Balaban J connectivity index is 1.38. The van der Waals surface area contributed by atoms with E-state index in [4.69, 9.17) is 4.74 Å². The van der Waals surface area contributed by atoms with E-state index in [2.05, 4.69) is 10.3 Å². The lowest BCUT2D eigenvalue weighted by molar-refractivity contribution is 0.182. The van der Waals surface area contributed by atoms with E-state index in [-0.39, 0.29) is 17.6 Å². The predicted molar refractivity (Wildman–Crippen MR) is 112 cm³/mol. The van der Waals surface area contributed by atoms with Crippen molar-refractivity contribution in [2.45, 2.75) is 25.8 Å². The second-order valence-electron chi connectivity index (χ2n) is 7.08. The summed E-state index contributed by atoms with van der Waals surface area (Å²) in [5.41, 5.74) is 1.42. The molecule has 0 radical (unpaired) electrons. The Hall–Kier alpha value is -3.35. The number of nitrogens with zero attached hydrogens (tertiary/aromatic N) is 3. The molecule has 4 rings (SSSR count). The van der Waals surface area contributed by atoms with Crippen molar-refractivity contribution in [2.24, 2.45) is 0 Å². The van der Waals surface area contributed by atoms with Gasteiger partial charge in [0, 0.05) is 24.8 Å². The number of amides is 2. The molecule has 1 saturated heterocycles. The number of piperidine rings is 1. The molecule has 2 amide bonds. The van der Waals surface area contributed by atoms with E-state index in [1.54, 1.807) is 21.9 Å². The number of likely N-dealkylation sites (tertiary alicyclic amines) is 1. The fourth-order valence-electron chi connectivity index (χ4n) is 3.69. The van der Waals surface area contributed by atoms with Gasteiger partial charge in [0.1, 0.15) is 5.75 Å². The number of nitrogens with one attached hydrogen (secondary N) is 1. The van der Waals surface area contributed by atoms with Gasteiger partial charge in [-0.05, 0) is 56.2 Å². The van der Waals surface area contributed by atoms with Gasteiger partial charge in [-0.3, -0.25) is 9.36 Å². The molecule has 0 saturated carbocycles.